The maximum Gasteiger partial charge on any atom is 0.405 e. The maximum atomic E-state index is 14.0. The third-order valence-electron chi connectivity index (χ3n) is 5.60. The molecule has 3 N–H and O–H groups in total. The van der Waals surface area contributed by atoms with Gasteiger partial charge in [0, 0.05) is 12.6 Å². The predicted molar refractivity (Wildman–Crippen MR) is 122 cm³/mol. The molecule has 1 atom stereocenters. The molecule has 1 aromatic carbocycles. The van der Waals surface area contributed by atoms with E-state index in [9.17, 15) is 22.8 Å². The van der Waals surface area contributed by atoms with Gasteiger partial charge >= 0.3 is 6.09 Å². The molecule has 0 aliphatic heterocycles. The molecule has 2 aromatic heterocycles. The molecule has 0 aliphatic carbocycles. The Balaban J connectivity index is 1.89. The number of pyridine rings is 1. The highest BCUT2D eigenvalue weighted by molar-refractivity contribution is 6.02. The van der Waals surface area contributed by atoms with Crippen LogP contribution in [0.4, 0.5) is 18.0 Å². The Kier molecular flexibility index (Phi) is 7.57. The van der Waals surface area contributed by atoms with Crippen LogP contribution in [0, 0.1) is 31.3 Å². The first-order valence-electron chi connectivity index (χ1n) is 11.0. The Hall–Kier alpha value is -3.76. The number of carbonyl (C=O) groups is 2. The van der Waals surface area contributed by atoms with Crippen molar-refractivity contribution in [1.82, 2.24) is 20.2 Å². The number of ether oxygens (including phenoxy) is 1. The number of benzene rings is 1. The van der Waals surface area contributed by atoms with E-state index < -0.39 is 47.2 Å². The van der Waals surface area contributed by atoms with Crippen LogP contribution in [0.3, 0.4) is 0 Å². The molecule has 188 valence electrons. The van der Waals surface area contributed by atoms with Crippen molar-refractivity contribution in [2.75, 3.05) is 6.54 Å². The summed E-state index contributed by atoms with van der Waals surface area (Å²) in [5, 5.41) is 18.7. The third kappa shape index (κ3) is 5.67. The molecule has 1 unspecified atom stereocenters. The van der Waals surface area contributed by atoms with Crippen LogP contribution >= 0.6 is 0 Å². The SMILES string of the molecule is CCCC(C)(CNC(=O)c1c(C)nn2c(OCc3c(F)ccc(F)c3F)cc(C)cc12)NC(=O)O. The van der Waals surface area contributed by atoms with Crippen LogP contribution in [-0.2, 0) is 6.61 Å². The summed E-state index contributed by atoms with van der Waals surface area (Å²) >= 11 is 0. The molecule has 0 saturated heterocycles. The molecule has 0 fully saturated rings. The summed E-state index contributed by atoms with van der Waals surface area (Å²) in [5.74, 6) is -3.84. The Labute approximate surface area is 200 Å². The minimum absolute atomic E-state index is 0.0516. The van der Waals surface area contributed by atoms with Crippen LogP contribution in [0.5, 0.6) is 5.88 Å². The summed E-state index contributed by atoms with van der Waals surface area (Å²) in [6.45, 7) is 6.43. The molecule has 0 spiro atoms. The fraction of sp³-hybridized carbons (Fsp3) is 0.375. The molecule has 8 nitrogen and oxygen atoms in total. The van der Waals surface area contributed by atoms with Gasteiger partial charge in [0.1, 0.15) is 12.4 Å². The van der Waals surface area contributed by atoms with E-state index in [2.05, 4.69) is 15.7 Å². The minimum atomic E-state index is -1.34. The summed E-state index contributed by atoms with van der Waals surface area (Å²) in [5.41, 5.74) is 0.252. The molecule has 0 radical (unpaired) electrons. The second-order valence-corrected chi connectivity index (χ2v) is 8.66. The van der Waals surface area contributed by atoms with Crippen LogP contribution in [0.25, 0.3) is 5.52 Å². The van der Waals surface area contributed by atoms with Crippen molar-refractivity contribution in [1.29, 1.82) is 0 Å². The topological polar surface area (TPSA) is 105 Å². The van der Waals surface area contributed by atoms with Gasteiger partial charge in [-0.1, -0.05) is 13.3 Å². The van der Waals surface area contributed by atoms with E-state index in [4.69, 9.17) is 9.84 Å². The lowest BCUT2D eigenvalue weighted by molar-refractivity contribution is 0.0937. The van der Waals surface area contributed by atoms with Crippen LogP contribution in [0.15, 0.2) is 24.3 Å². The zero-order valence-corrected chi connectivity index (χ0v) is 19.8. The van der Waals surface area contributed by atoms with Gasteiger partial charge in [0.2, 0.25) is 5.88 Å². The Morgan fingerprint density at radius 3 is 2.51 bits per heavy atom. The highest BCUT2D eigenvalue weighted by Crippen LogP contribution is 2.25. The fourth-order valence-corrected chi connectivity index (χ4v) is 3.96. The number of nitrogens with zero attached hydrogens (tertiary/aromatic N) is 2. The van der Waals surface area contributed by atoms with Crippen molar-refractivity contribution in [3.8, 4) is 5.88 Å². The first-order valence-corrected chi connectivity index (χ1v) is 11.0. The molecular formula is C24H27F3N4O4. The number of hydrogen-bond acceptors (Lipinski definition) is 4. The number of halogens is 3. The Bertz CT molecular complexity index is 1280. The second kappa shape index (κ2) is 10.2. The average Bonchev–Trinajstić information content (AvgIpc) is 3.10. The standard InChI is InChI=1S/C24H27F3N4O4/c1-5-8-24(4,29-23(33)34)12-28-22(32)20-14(3)30-31-18(20)9-13(2)10-19(31)35-11-15-16(25)6-7-17(26)21(15)27/h6-7,9-10,29H,5,8,11-12H2,1-4H3,(H,28,32)(H,33,34). The van der Waals surface area contributed by atoms with Crippen molar-refractivity contribution in [3.05, 3.63) is 64.1 Å². The number of nitrogens with one attached hydrogen (secondary N) is 2. The number of rotatable bonds is 9. The molecule has 3 aromatic rings. The molecule has 2 heterocycles. The number of carbonyl (C=O) groups excluding carboxylic acids is 1. The lowest BCUT2D eigenvalue weighted by Gasteiger charge is -2.29. The second-order valence-electron chi connectivity index (χ2n) is 8.66. The van der Waals surface area contributed by atoms with Gasteiger partial charge in [-0.15, -0.1) is 0 Å². The number of carboxylic acid groups (broad SMARTS) is 1. The highest BCUT2D eigenvalue weighted by atomic mass is 19.2. The number of aryl methyl sites for hydroxylation is 2. The van der Waals surface area contributed by atoms with Crippen molar-refractivity contribution >= 4 is 17.5 Å². The summed E-state index contributed by atoms with van der Waals surface area (Å²) < 4.78 is 48.5. The normalized spacial score (nSPS) is 12.9. The van der Waals surface area contributed by atoms with Crippen LogP contribution in [0.1, 0.15) is 53.9 Å². The molecule has 0 aliphatic rings. The molecule has 35 heavy (non-hydrogen) atoms. The number of aromatic nitrogens is 2. The Morgan fingerprint density at radius 1 is 1.17 bits per heavy atom. The average molecular weight is 492 g/mol. The summed E-state index contributed by atoms with van der Waals surface area (Å²) in [4.78, 5) is 24.3. The number of amides is 2. The summed E-state index contributed by atoms with van der Waals surface area (Å²) in [6.07, 6.45) is 0.0258. The van der Waals surface area contributed by atoms with Crippen LogP contribution < -0.4 is 15.4 Å². The first-order chi connectivity index (χ1) is 16.5. The van der Waals surface area contributed by atoms with E-state index in [1.165, 1.54) is 4.52 Å². The first kappa shape index (κ1) is 25.9. The van der Waals surface area contributed by atoms with Gasteiger partial charge in [-0.2, -0.15) is 9.61 Å². The zero-order chi connectivity index (χ0) is 25.9. The highest BCUT2D eigenvalue weighted by Gasteiger charge is 2.28. The van der Waals surface area contributed by atoms with E-state index in [1.807, 2.05) is 6.92 Å². The van der Waals surface area contributed by atoms with Crippen molar-refractivity contribution in [3.63, 3.8) is 0 Å². The molecular weight excluding hydrogens is 465 g/mol. The maximum absolute atomic E-state index is 14.0. The number of fused-ring (bicyclic) bond motifs is 1. The quantitative estimate of drug-likeness (QED) is 0.382. The summed E-state index contributed by atoms with van der Waals surface area (Å²) in [6, 6.07) is 4.78. The van der Waals surface area contributed by atoms with E-state index in [1.54, 1.807) is 32.9 Å². The molecule has 2 amide bonds. The lowest BCUT2D eigenvalue weighted by Crippen LogP contribution is -2.53. The summed E-state index contributed by atoms with van der Waals surface area (Å²) in [7, 11) is 0. The zero-order valence-electron chi connectivity index (χ0n) is 19.8. The van der Waals surface area contributed by atoms with Gasteiger partial charge in [0.25, 0.3) is 5.91 Å². The predicted octanol–water partition coefficient (Wildman–Crippen LogP) is 4.50. The molecule has 3 rings (SSSR count). The van der Waals surface area contributed by atoms with E-state index in [0.29, 0.717) is 35.7 Å². The van der Waals surface area contributed by atoms with Crippen LogP contribution in [0.2, 0.25) is 0 Å². The third-order valence-corrected chi connectivity index (χ3v) is 5.60. The van der Waals surface area contributed by atoms with E-state index in [0.717, 1.165) is 6.07 Å². The monoisotopic (exact) mass is 492 g/mol. The van der Waals surface area contributed by atoms with Crippen molar-refractivity contribution in [2.24, 2.45) is 0 Å². The van der Waals surface area contributed by atoms with Gasteiger partial charge in [-0.25, -0.2) is 18.0 Å². The van der Waals surface area contributed by atoms with E-state index >= 15 is 0 Å². The molecule has 0 bridgehead atoms. The Morgan fingerprint density at radius 2 is 1.86 bits per heavy atom. The van der Waals surface area contributed by atoms with Crippen molar-refractivity contribution in [2.45, 2.75) is 52.7 Å². The lowest BCUT2D eigenvalue weighted by atomic mass is 9.96. The van der Waals surface area contributed by atoms with Crippen molar-refractivity contribution < 1.29 is 32.6 Å². The molecule has 0 saturated carbocycles. The van der Waals surface area contributed by atoms with Gasteiger partial charge in [0.15, 0.2) is 11.6 Å². The fourth-order valence-electron chi connectivity index (χ4n) is 3.96. The van der Waals surface area contributed by atoms with Gasteiger partial charge in [-0.3, -0.25) is 4.79 Å². The van der Waals surface area contributed by atoms with Gasteiger partial charge in [-0.05, 0) is 51.0 Å². The molecule has 11 heteroatoms. The van der Waals surface area contributed by atoms with Gasteiger partial charge in [0.05, 0.1) is 27.9 Å². The number of hydrogen-bond donors (Lipinski definition) is 3. The largest absolute Gasteiger partial charge is 0.473 e. The van der Waals surface area contributed by atoms with E-state index in [-0.39, 0.29) is 18.0 Å². The van der Waals surface area contributed by atoms with Gasteiger partial charge < -0.3 is 20.5 Å². The van der Waals surface area contributed by atoms with Crippen LogP contribution in [-0.4, -0.2) is 38.8 Å². The minimum Gasteiger partial charge on any atom is -0.473 e. The smallest absolute Gasteiger partial charge is 0.405 e.